The van der Waals surface area contributed by atoms with Crippen LogP contribution in [0.2, 0.25) is 5.15 Å². The Kier molecular flexibility index (Phi) is 4.84. The highest BCUT2D eigenvalue weighted by Crippen LogP contribution is 2.32. The number of hydrogen-bond donors (Lipinski definition) is 2. The molecule has 3 rings (SSSR count). The molecule has 1 aromatic heterocycles. The van der Waals surface area contributed by atoms with Gasteiger partial charge in [0.25, 0.3) is 0 Å². The lowest BCUT2D eigenvalue weighted by atomic mass is 10.1. The second-order valence-electron chi connectivity index (χ2n) is 5.27. The number of carbonyl (C=O) groups is 1. The molecule has 3 aromatic rings. The third-order valence-electron chi connectivity index (χ3n) is 3.60. The lowest BCUT2D eigenvalue weighted by molar-refractivity contribution is 0.0696. The van der Waals surface area contributed by atoms with Crippen LogP contribution in [0.5, 0.6) is 0 Å². The minimum Gasteiger partial charge on any atom is -0.478 e. The first-order chi connectivity index (χ1) is 12.3. The Morgan fingerprint density at radius 3 is 2.50 bits per heavy atom. The van der Waals surface area contributed by atoms with E-state index in [1.165, 1.54) is 6.07 Å². The van der Waals surface area contributed by atoms with Crippen LogP contribution in [0.3, 0.4) is 0 Å². The first-order valence-electron chi connectivity index (χ1n) is 7.06. The van der Waals surface area contributed by atoms with Crippen molar-refractivity contribution in [1.29, 1.82) is 0 Å². The van der Waals surface area contributed by atoms with Gasteiger partial charge < -0.3 is 10.4 Å². The number of nitrogens with one attached hydrogen (secondary N) is 1. The quantitative estimate of drug-likeness (QED) is 0.602. The number of carboxylic acid groups (broad SMARTS) is 1. The van der Waals surface area contributed by atoms with Gasteiger partial charge in [0.2, 0.25) is 0 Å². The van der Waals surface area contributed by atoms with Crippen LogP contribution in [-0.4, -0.2) is 19.8 Å². The highest BCUT2D eigenvalue weighted by molar-refractivity contribution is 6.99. The number of anilines is 2. The third-order valence-corrected chi connectivity index (χ3v) is 4.49. The number of hydrogen-bond acceptors (Lipinski definition) is 5. The summed E-state index contributed by atoms with van der Waals surface area (Å²) in [5.74, 6) is -6.55. The summed E-state index contributed by atoms with van der Waals surface area (Å²) in [6, 6.07) is 5.22. The Balaban J connectivity index is 2.04. The van der Waals surface area contributed by atoms with Gasteiger partial charge in [0.1, 0.15) is 5.69 Å². The molecule has 0 saturated carbocycles. The van der Waals surface area contributed by atoms with Crippen molar-refractivity contribution in [2.75, 3.05) is 5.32 Å². The summed E-state index contributed by atoms with van der Waals surface area (Å²) in [5, 5.41) is 11.9. The monoisotopic (exact) mass is 399 g/mol. The summed E-state index contributed by atoms with van der Waals surface area (Å²) < 4.78 is 48.8. The van der Waals surface area contributed by atoms with E-state index in [4.69, 9.17) is 16.7 Å². The first-order valence-corrected chi connectivity index (χ1v) is 8.17. The Hall–Kier alpha value is -2.65. The van der Waals surface area contributed by atoms with Gasteiger partial charge in [-0.3, -0.25) is 0 Å². The fraction of sp³-hybridized carbons (Fsp3) is 0.0625. The molecule has 2 N–H and O–H groups in total. The Morgan fingerprint density at radius 2 is 1.92 bits per heavy atom. The normalized spacial score (nSPS) is 10.8. The molecule has 1 heterocycles. The fourth-order valence-electron chi connectivity index (χ4n) is 2.32. The number of benzene rings is 2. The molecule has 0 aliphatic rings. The minimum atomic E-state index is -1.76. The molecule has 2 aromatic carbocycles. The average molecular weight is 400 g/mol. The molecule has 0 spiro atoms. The molecule has 5 nitrogen and oxygen atoms in total. The first kappa shape index (κ1) is 18.2. The van der Waals surface area contributed by atoms with Gasteiger partial charge in [-0.15, -0.1) is 0 Å². The lowest BCUT2D eigenvalue weighted by Crippen LogP contribution is -2.09. The van der Waals surface area contributed by atoms with Crippen LogP contribution in [0.1, 0.15) is 15.9 Å². The number of aromatic carboxylic acids is 1. The van der Waals surface area contributed by atoms with Crippen LogP contribution in [-0.2, 0) is 0 Å². The van der Waals surface area contributed by atoms with E-state index in [1.807, 2.05) is 0 Å². The molecule has 0 radical (unpaired) electrons. The van der Waals surface area contributed by atoms with E-state index in [1.54, 1.807) is 19.1 Å². The highest BCUT2D eigenvalue weighted by Gasteiger charge is 2.23. The largest absolute Gasteiger partial charge is 0.478 e. The van der Waals surface area contributed by atoms with E-state index in [0.29, 0.717) is 28.6 Å². The molecule has 0 aliphatic heterocycles. The molecular formula is C16H9ClF3N3O2S. The van der Waals surface area contributed by atoms with Gasteiger partial charge in [-0.2, -0.15) is 8.75 Å². The highest BCUT2D eigenvalue weighted by atomic mass is 35.5. The van der Waals surface area contributed by atoms with Crippen LogP contribution < -0.4 is 5.32 Å². The van der Waals surface area contributed by atoms with Gasteiger partial charge in [0.15, 0.2) is 22.6 Å². The number of aryl methyl sites for hydroxylation is 1. The van der Waals surface area contributed by atoms with Crippen molar-refractivity contribution < 1.29 is 23.1 Å². The van der Waals surface area contributed by atoms with Gasteiger partial charge in [-0.25, -0.2) is 18.0 Å². The van der Waals surface area contributed by atoms with Crippen molar-refractivity contribution in [1.82, 2.24) is 8.75 Å². The fourth-order valence-corrected chi connectivity index (χ4v) is 3.09. The summed E-state index contributed by atoms with van der Waals surface area (Å²) in [4.78, 5) is 11.2. The van der Waals surface area contributed by atoms with Crippen LogP contribution in [0.15, 0.2) is 24.3 Å². The molecule has 0 amide bonds. The molecule has 0 aliphatic carbocycles. The maximum absolute atomic E-state index is 14.1. The average Bonchev–Trinajstić information content (AvgIpc) is 3.02. The van der Waals surface area contributed by atoms with E-state index >= 15 is 0 Å². The summed E-state index contributed by atoms with van der Waals surface area (Å²) in [6.07, 6.45) is 0. The van der Waals surface area contributed by atoms with Gasteiger partial charge >= 0.3 is 5.97 Å². The maximum atomic E-state index is 14.1. The van der Waals surface area contributed by atoms with Crippen LogP contribution >= 0.6 is 23.3 Å². The maximum Gasteiger partial charge on any atom is 0.338 e. The molecule has 0 bridgehead atoms. The minimum absolute atomic E-state index is 0.231. The summed E-state index contributed by atoms with van der Waals surface area (Å²) in [5.41, 5.74) is 0.609. The van der Waals surface area contributed by atoms with Gasteiger partial charge in [0, 0.05) is 11.3 Å². The zero-order valence-electron chi connectivity index (χ0n) is 13.0. The van der Waals surface area contributed by atoms with Crippen molar-refractivity contribution >= 4 is 40.7 Å². The smallest absolute Gasteiger partial charge is 0.338 e. The second-order valence-corrected chi connectivity index (χ2v) is 6.16. The Bertz CT molecular complexity index is 1030. The standard InChI is InChI=1S/C16H9ClF3N3O2S/c1-6-4-7(13-15(17)23-26-22-13)2-3-10(6)21-14-8(16(24)25)5-9(18)11(19)12(14)20/h2-5,21H,1H3,(H,24,25). The summed E-state index contributed by atoms with van der Waals surface area (Å²) >= 11 is 6.88. The molecule has 0 atom stereocenters. The molecule has 0 unspecified atom stereocenters. The number of halogens is 4. The predicted molar refractivity (Wildman–Crippen MR) is 91.7 cm³/mol. The zero-order chi connectivity index (χ0) is 19.0. The van der Waals surface area contributed by atoms with Crippen molar-refractivity contribution in [3.63, 3.8) is 0 Å². The number of aromatic nitrogens is 2. The Labute approximate surface area is 154 Å². The number of nitrogens with zero attached hydrogens (tertiary/aromatic N) is 2. The van der Waals surface area contributed by atoms with Crippen molar-refractivity contribution in [3.8, 4) is 11.3 Å². The van der Waals surface area contributed by atoms with Crippen LogP contribution in [0.4, 0.5) is 24.5 Å². The van der Waals surface area contributed by atoms with Crippen LogP contribution in [0, 0.1) is 24.4 Å². The van der Waals surface area contributed by atoms with Crippen molar-refractivity contribution in [2.45, 2.75) is 6.92 Å². The van der Waals surface area contributed by atoms with E-state index in [2.05, 4.69) is 14.1 Å². The SMILES string of the molecule is Cc1cc(-c2nsnc2Cl)ccc1Nc1c(C(=O)O)cc(F)c(F)c1F. The van der Waals surface area contributed by atoms with Gasteiger partial charge in [-0.1, -0.05) is 17.7 Å². The Morgan fingerprint density at radius 1 is 1.19 bits per heavy atom. The van der Waals surface area contributed by atoms with E-state index in [0.717, 1.165) is 11.7 Å². The second kappa shape index (κ2) is 6.93. The molecule has 134 valence electrons. The van der Waals surface area contributed by atoms with E-state index in [9.17, 15) is 18.0 Å². The van der Waals surface area contributed by atoms with E-state index in [-0.39, 0.29) is 5.15 Å². The van der Waals surface area contributed by atoms with Gasteiger partial charge in [-0.05, 0) is 30.7 Å². The molecular weight excluding hydrogens is 391 g/mol. The molecule has 10 heteroatoms. The summed E-state index contributed by atoms with van der Waals surface area (Å²) in [7, 11) is 0. The number of rotatable bonds is 4. The van der Waals surface area contributed by atoms with Gasteiger partial charge in [0.05, 0.1) is 23.0 Å². The zero-order valence-corrected chi connectivity index (χ0v) is 14.6. The van der Waals surface area contributed by atoms with Crippen molar-refractivity contribution in [2.24, 2.45) is 0 Å². The van der Waals surface area contributed by atoms with Crippen molar-refractivity contribution in [3.05, 3.63) is 58.0 Å². The lowest BCUT2D eigenvalue weighted by Gasteiger charge is -2.14. The molecule has 0 fully saturated rings. The molecule has 26 heavy (non-hydrogen) atoms. The summed E-state index contributed by atoms with van der Waals surface area (Å²) in [6.45, 7) is 1.66. The number of carboxylic acids is 1. The topological polar surface area (TPSA) is 75.1 Å². The predicted octanol–water partition coefficient (Wildman–Crippen LogP) is 5.03. The molecule has 0 saturated heterocycles. The third kappa shape index (κ3) is 3.23. The van der Waals surface area contributed by atoms with Crippen LogP contribution in [0.25, 0.3) is 11.3 Å². The van der Waals surface area contributed by atoms with E-state index < -0.39 is 34.7 Å².